The molecule has 5 heteroatoms. The predicted octanol–water partition coefficient (Wildman–Crippen LogP) is 3.27. The van der Waals surface area contributed by atoms with Crippen molar-refractivity contribution in [3.8, 4) is 11.1 Å². The maximum atomic E-state index is 5.53. The van der Waals surface area contributed by atoms with Crippen LogP contribution in [0.4, 0.5) is 0 Å². The molecule has 1 aliphatic heterocycles. The first-order valence-electron chi connectivity index (χ1n) is 6.87. The molecule has 0 aliphatic carbocycles. The zero-order valence-corrected chi connectivity index (χ0v) is 11.3. The summed E-state index contributed by atoms with van der Waals surface area (Å²) < 4.78 is 0. The zero-order chi connectivity index (χ0) is 14.1. The molecule has 4 rings (SSSR count). The molecule has 0 radical (unpaired) electrons. The minimum Gasteiger partial charge on any atom is -0.385 e. The van der Waals surface area contributed by atoms with Gasteiger partial charge in [-0.25, -0.2) is 0 Å². The van der Waals surface area contributed by atoms with Crippen molar-refractivity contribution >= 4 is 5.71 Å². The summed E-state index contributed by atoms with van der Waals surface area (Å²) in [6, 6.07) is 14.1. The third-order valence-corrected chi connectivity index (χ3v) is 3.65. The van der Waals surface area contributed by atoms with Crippen molar-refractivity contribution in [1.82, 2.24) is 15.2 Å². The molecular formula is C16H14N4O. The quantitative estimate of drug-likeness (QED) is 0.772. The van der Waals surface area contributed by atoms with Crippen molar-refractivity contribution in [3.05, 3.63) is 66.2 Å². The lowest BCUT2D eigenvalue weighted by Crippen LogP contribution is -2.03. The molecule has 1 atom stereocenters. The molecule has 3 aromatic rings. The van der Waals surface area contributed by atoms with Gasteiger partial charge in [-0.3, -0.25) is 5.10 Å². The third-order valence-electron chi connectivity index (χ3n) is 3.65. The molecule has 21 heavy (non-hydrogen) atoms. The number of H-pyrrole nitrogens is 2. The number of rotatable bonds is 3. The Labute approximate surface area is 121 Å². The van der Waals surface area contributed by atoms with Gasteiger partial charge in [0.15, 0.2) is 6.10 Å². The van der Waals surface area contributed by atoms with E-state index < -0.39 is 0 Å². The van der Waals surface area contributed by atoms with Crippen LogP contribution in [-0.4, -0.2) is 20.9 Å². The van der Waals surface area contributed by atoms with Crippen LogP contribution in [0.1, 0.15) is 23.9 Å². The maximum absolute atomic E-state index is 5.53. The fraction of sp³-hybridized carbons (Fsp3) is 0.125. The Hall–Kier alpha value is -2.82. The molecule has 0 saturated heterocycles. The van der Waals surface area contributed by atoms with Gasteiger partial charge in [0.1, 0.15) is 5.71 Å². The molecule has 1 unspecified atom stereocenters. The molecule has 1 aromatic carbocycles. The molecule has 0 saturated carbocycles. The summed E-state index contributed by atoms with van der Waals surface area (Å²) in [5.41, 5.74) is 5.02. The summed E-state index contributed by atoms with van der Waals surface area (Å²) in [4.78, 5) is 8.70. The Morgan fingerprint density at radius 3 is 2.81 bits per heavy atom. The number of hydrogen-bond donors (Lipinski definition) is 2. The van der Waals surface area contributed by atoms with Crippen LogP contribution in [-0.2, 0) is 4.84 Å². The zero-order valence-electron chi connectivity index (χ0n) is 11.3. The molecular weight excluding hydrogens is 264 g/mol. The predicted molar refractivity (Wildman–Crippen MR) is 79.8 cm³/mol. The van der Waals surface area contributed by atoms with E-state index in [0.717, 1.165) is 34.6 Å². The second-order valence-corrected chi connectivity index (χ2v) is 4.99. The summed E-state index contributed by atoms with van der Waals surface area (Å²) in [7, 11) is 0. The summed E-state index contributed by atoms with van der Waals surface area (Å²) >= 11 is 0. The standard InChI is InChI=1S/C16H14N4O/c1-2-5-11(6-3-1)12-10-18-19-16(12)14-9-15(21-20-14)13-7-4-8-17-13/h1-8,10,15,17H,9H2,(H,18,19). The van der Waals surface area contributed by atoms with Crippen molar-refractivity contribution < 1.29 is 4.84 Å². The van der Waals surface area contributed by atoms with Crippen molar-refractivity contribution in [3.63, 3.8) is 0 Å². The minimum absolute atomic E-state index is 0.0538. The van der Waals surface area contributed by atoms with Gasteiger partial charge in [0.25, 0.3) is 0 Å². The van der Waals surface area contributed by atoms with E-state index in [1.165, 1.54) is 0 Å². The number of aromatic nitrogens is 3. The van der Waals surface area contributed by atoms with E-state index >= 15 is 0 Å². The molecule has 0 amide bonds. The Morgan fingerprint density at radius 1 is 1.10 bits per heavy atom. The normalized spacial score (nSPS) is 17.5. The van der Waals surface area contributed by atoms with E-state index in [0.29, 0.717) is 0 Å². The highest BCUT2D eigenvalue weighted by Crippen LogP contribution is 2.31. The number of hydrogen-bond acceptors (Lipinski definition) is 3. The van der Waals surface area contributed by atoms with Gasteiger partial charge >= 0.3 is 0 Å². The van der Waals surface area contributed by atoms with Crippen molar-refractivity contribution in [1.29, 1.82) is 0 Å². The number of benzene rings is 1. The van der Waals surface area contributed by atoms with Gasteiger partial charge in [0.2, 0.25) is 0 Å². The first-order valence-corrected chi connectivity index (χ1v) is 6.87. The Balaban J connectivity index is 1.63. The lowest BCUT2D eigenvalue weighted by atomic mass is 10.0. The molecule has 0 spiro atoms. The largest absolute Gasteiger partial charge is 0.385 e. The van der Waals surface area contributed by atoms with Crippen LogP contribution < -0.4 is 0 Å². The molecule has 3 heterocycles. The van der Waals surface area contributed by atoms with Crippen LogP contribution in [0, 0.1) is 0 Å². The SMILES string of the molecule is c1ccc(-c2cn[nH]c2C2=NOC(c3ccc[nH]3)C2)cc1. The smallest absolute Gasteiger partial charge is 0.172 e. The van der Waals surface area contributed by atoms with E-state index in [4.69, 9.17) is 4.84 Å². The lowest BCUT2D eigenvalue weighted by molar-refractivity contribution is 0.0830. The molecule has 104 valence electrons. The number of nitrogens with zero attached hydrogens (tertiary/aromatic N) is 2. The van der Waals surface area contributed by atoms with E-state index in [9.17, 15) is 0 Å². The van der Waals surface area contributed by atoms with Gasteiger partial charge in [-0.05, 0) is 17.7 Å². The first-order chi connectivity index (χ1) is 10.4. The van der Waals surface area contributed by atoms with Gasteiger partial charge in [0.05, 0.1) is 17.6 Å². The van der Waals surface area contributed by atoms with Crippen LogP contribution in [0.3, 0.4) is 0 Å². The van der Waals surface area contributed by atoms with Gasteiger partial charge in [-0.1, -0.05) is 35.5 Å². The highest BCUT2D eigenvalue weighted by molar-refractivity contribution is 6.04. The summed E-state index contributed by atoms with van der Waals surface area (Å²) in [6.45, 7) is 0. The molecule has 0 bridgehead atoms. The second-order valence-electron chi connectivity index (χ2n) is 4.99. The monoisotopic (exact) mass is 278 g/mol. The van der Waals surface area contributed by atoms with Gasteiger partial charge < -0.3 is 9.82 Å². The van der Waals surface area contributed by atoms with E-state index in [1.807, 2.05) is 42.7 Å². The molecule has 1 aliphatic rings. The van der Waals surface area contributed by atoms with Gasteiger partial charge in [0, 0.05) is 18.2 Å². The highest BCUT2D eigenvalue weighted by Gasteiger charge is 2.27. The second kappa shape index (κ2) is 4.94. The topological polar surface area (TPSA) is 66.1 Å². The summed E-state index contributed by atoms with van der Waals surface area (Å²) in [6.07, 6.45) is 4.39. The van der Waals surface area contributed by atoms with Crippen LogP contribution in [0.5, 0.6) is 0 Å². The van der Waals surface area contributed by atoms with Crippen molar-refractivity contribution in [2.45, 2.75) is 12.5 Å². The first kappa shape index (κ1) is 12.0. The third kappa shape index (κ3) is 2.12. The van der Waals surface area contributed by atoms with Crippen LogP contribution >= 0.6 is 0 Å². The van der Waals surface area contributed by atoms with E-state index in [1.54, 1.807) is 0 Å². The fourth-order valence-corrected chi connectivity index (χ4v) is 2.58. The molecule has 0 fully saturated rings. The molecule has 2 N–H and O–H groups in total. The Morgan fingerprint density at radius 2 is 2.00 bits per heavy atom. The van der Waals surface area contributed by atoms with Crippen LogP contribution in [0.15, 0.2) is 60.0 Å². The van der Waals surface area contributed by atoms with Crippen molar-refractivity contribution in [2.24, 2.45) is 5.16 Å². The lowest BCUT2D eigenvalue weighted by Gasteiger charge is -2.05. The summed E-state index contributed by atoms with van der Waals surface area (Å²) in [5.74, 6) is 0. The number of aromatic amines is 2. The Bertz CT molecular complexity index is 759. The van der Waals surface area contributed by atoms with E-state index in [2.05, 4.69) is 32.5 Å². The van der Waals surface area contributed by atoms with Gasteiger partial charge in [-0.15, -0.1) is 0 Å². The average molecular weight is 278 g/mol. The van der Waals surface area contributed by atoms with Crippen LogP contribution in [0.25, 0.3) is 11.1 Å². The number of oxime groups is 1. The van der Waals surface area contributed by atoms with Crippen LogP contribution in [0.2, 0.25) is 0 Å². The van der Waals surface area contributed by atoms with Gasteiger partial charge in [-0.2, -0.15) is 5.10 Å². The maximum Gasteiger partial charge on any atom is 0.172 e. The van der Waals surface area contributed by atoms with E-state index in [-0.39, 0.29) is 6.10 Å². The molecule has 2 aromatic heterocycles. The Kier molecular flexibility index (Phi) is 2.81. The molecule has 5 nitrogen and oxygen atoms in total. The minimum atomic E-state index is -0.0538. The number of nitrogens with one attached hydrogen (secondary N) is 2. The fourth-order valence-electron chi connectivity index (χ4n) is 2.58. The highest BCUT2D eigenvalue weighted by atomic mass is 16.6. The average Bonchev–Trinajstić information content (AvgIpc) is 3.27. The van der Waals surface area contributed by atoms with Crippen molar-refractivity contribution in [2.75, 3.05) is 0 Å². The summed E-state index contributed by atoms with van der Waals surface area (Å²) in [5, 5.41) is 11.4.